The van der Waals surface area contributed by atoms with Crippen LogP contribution in [0.15, 0.2) is 48.5 Å². The number of rotatable bonds is 9. The smallest absolute Gasteiger partial charge is 0.407 e. The Bertz CT molecular complexity index is 974. The molecule has 0 bridgehead atoms. The molecule has 2 N–H and O–H groups in total. The number of carboxylic acid groups (broad SMARTS) is 1. The van der Waals surface area contributed by atoms with E-state index >= 15 is 0 Å². The highest BCUT2D eigenvalue weighted by atomic mass is 16.5. The van der Waals surface area contributed by atoms with E-state index < -0.39 is 30.6 Å². The molecule has 2 aliphatic rings. The molecule has 0 aliphatic heterocycles. The van der Waals surface area contributed by atoms with Gasteiger partial charge in [-0.1, -0.05) is 48.5 Å². The van der Waals surface area contributed by atoms with Gasteiger partial charge in [0.1, 0.15) is 19.2 Å². The van der Waals surface area contributed by atoms with Crippen LogP contribution in [0, 0.1) is 0 Å². The van der Waals surface area contributed by atoms with Crippen LogP contribution in [0.1, 0.15) is 29.9 Å². The molecular formula is C24H26N2O6. The lowest BCUT2D eigenvalue weighted by molar-refractivity contribution is -0.146. The largest absolute Gasteiger partial charge is 0.480 e. The van der Waals surface area contributed by atoms with Gasteiger partial charge in [0.25, 0.3) is 0 Å². The lowest BCUT2D eigenvalue weighted by Crippen LogP contribution is -2.52. The molecule has 2 amide bonds. The molecule has 0 spiro atoms. The average Bonchev–Trinajstić information content (AvgIpc) is 3.58. The van der Waals surface area contributed by atoms with Crippen molar-refractivity contribution in [3.05, 3.63) is 59.7 Å². The van der Waals surface area contributed by atoms with E-state index in [1.165, 1.54) is 12.0 Å². The van der Waals surface area contributed by atoms with Gasteiger partial charge in [-0.3, -0.25) is 9.59 Å². The fourth-order valence-corrected chi connectivity index (χ4v) is 4.24. The van der Waals surface area contributed by atoms with Crippen molar-refractivity contribution in [1.29, 1.82) is 0 Å². The maximum atomic E-state index is 12.9. The number of carbonyl (C=O) groups is 3. The van der Waals surface area contributed by atoms with Crippen LogP contribution >= 0.6 is 0 Å². The second-order valence-electron chi connectivity index (χ2n) is 8.07. The van der Waals surface area contributed by atoms with Gasteiger partial charge in [-0.2, -0.15) is 0 Å². The molecule has 8 heteroatoms. The maximum absolute atomic E-state index is 12.9. The zero-order valence-corrected chi connectivity index (χ0v) is 17.8. The Morgan fingerprint density at radius 3 is 2.19 bits per heavy atom. The van der Waals surface area contributed by atoms with Gasteiger partial charge >= 0.3 is 12.1 Å². The zero-order chi connectivity index (χ0) is 22.7. The van der Waals surface area contributed by atoms with Crippen LogP contribution in [0.4, 0.5) is 4.79 Å². The zero-order valence-electron chi connectivity index (χ0n) is 17.8. The van der Waals surface area contributed by atoms with Gasteiger partial charge in [0.15, 0.2) is 0 Å². The van der Waals surface area contributed by atoms with Crippen molar-refractivity contribution >= 4 is 18.0 Å². The predicted octanol–water partition coefficient (Wildman–Crippen LogP) is 2.62. The van der Waals surface area contributed by atoms with Gasteiger partial charge in [-0.05, 0) is 35.1 Å². The molecule has 168 valence electrons. The molecule has 1 unspecified atom stereocenters. The van der Waals surface area contributed by atoms with E-state index in [0.717, 1.165) is 35.1 Å². The summed E-state index contributed by atoms with van der Waals surface area (Å²) >= 11 is 0. The summed E-state index contributed by atoms with van der Waals surface area (Å²) < 4.78 is 10.6. The van der Waals surface area contributed by atoms with Crippen molar-refractivity contribution in [3.63, 3.8) is 0 Å². The number of benzene rings is 2. The van der Waals surface area contributed by atoms with Gasteiger partial charge < -0.3 is 24.8 Å². The lowest BCUT2D eigenvalue weighted by atomic mass is 9.98. The molecule has 8 nitrogen and oxygen atoms in total. The van der Waals surface area contributed by atoms with E-state index in [1.54, 1.807) is 0 Å². The van der Waals surface area contributed by atoms with E-state index in [2.05, 4.69) is 17.4 Å². The number of hydrogen-bond donors (Lipinski definition) is 2. The fraction of sp³-hybridized carbons (Fsp3) is 0.375. The number of aliphatic carboxylic acids is 1. The standard InChI is InChI=1S/C24H26N2O6/c1-31-14-21(23(29)26(12-22(27)28)15-10-11-15)25-24(30)32-13-20-18-8-4-2-6-16(18)17-7-3-5-9-19(17)20/h2-9,15,20-21H,10-14H2,1H3,(H,25,30)(H,27,28). The molecule has 1 atom stereocenters. The van der Waals surface area contributed by atoms with Gasteiger partial charge in [0, 0.05) is 19.1 Å². The van der Waals surface area contributed by atoms with Crippen molar-refractivity contribution in [2.45, 2.75) is 30.8 Å². The number of carboxylic acids is 1. The maximum Gasteiger partial charge on any atom is 0.407 e. The Kier molecular flexibility index (Phi) is 6.41. The lowest BCUT2D eigenvalue weighted by Gasteiger charge is -2.26. The third-order valence-electron chi connectivity index (χ3n) is 5.84. The first-order valence-electron chi connectivity index (χ1n) is 10.6. The minimum absolute atomic E-state index is 0.0775. The Morgan fingerprint density at radius 2 is 1.66 bits per heavy atom. The van der Waals surface area contributed by atoms with Gasteiger partial charge in [0.05, 0.1) is 6.61 Å². The van der Waals surface area contributed by atoms with Crippen LogP contribution in [0.2, 0.25) is 0 Å². The van der Waals surface area contributed by atoms with E-state index in [0.29, 0.717) is 0 Å². The molecular weight excluding hydrogens is 412 g/mol. The summed E-state index contributed by atoms with van der Waals surface area (Å²) in [6.07, 6.45) is 0.765. The number of ether oxygens (including phenoxy) is 2. The number of methoxy groups -OCH3 is 1. The highest BCUT2D eigenvalue weighted by Crippen LogP contribution is 2.44. The second-order valence-corrected chi connectivity index (χ2v) is 8.07. The number of hydrogen-bond acceptors (Lipinski definition) is 5. The first-order chi connectivity index (χ1) is 15.5. The number of fused-ring (bicyclic) bond motifs is 3. The number of carbonyl (C=O) groups excluding carboxylic acids is 2. The third kappa shape index (κ3) is 4.60. The van der Waals surface area contributed by atoms with Crippen LogP contribution in [0.5, 0.6) is 0 Å². The monoisotopic (exact) mass is 438 g/mol. The molecule has 1 saturated carbocycles. The molecule has 2 aliphatic carbocycles. The summed E-state index contributed by atoms with van der Waals surface area (Å²) in [5, 5.41) is 11.7. The summed E-state index contributed by atoms with van der Waals surface area (Å²) in [6, 6.07) is 14.9. The van der Waals surface area contributed by atoms with Gasteiger partial charge in [0.2, 0.25) is 5.91 Å². The molecule has 1 fully saturated rings. The quantitative estimate of drug-likeness (QED) is 0.624. The van der Waals surface area contributed by atoms with E-state index in [9.17, 15) is 14.4 Å². The first-order valence-corrected chi connectivity index (χ1v) is 10.6. The van der Waals surface area contributed by atoms with Crippen molar-refractivity contribution in [1.82, 2.24) is 10.2 Å². The van der Waals surface area contributed by atoms with Crippen molar-refractivity contribution in [2.24, 2.45) is 0 Å². The summed E-state index contributed by atoms with van der Waals surface area (Å²) in [5.74, 6) is -1.67. The number of nitrogens with one attached hydrogen (secondary N) is 1. The highest BCUT2D eigenvalue weighted by molar-refractivity contribution is 5.88. The van der Waals surface area contributed by atoms with Gasteiger partial charge in [-0.15, -0.1) is 0 Å². The predicted molar refractivity (Wildman–Crippen MR) is 116 cm³/mol. The highest BCUT2D eigenvalue weighted by Gasteiger charge is 2.38. The number of amides is 2. The third-order valence-corrected chi connectivity index (χ3v) is 5.84. The van der Waals surface area contributed by atoms with E-state index in [1.807, 2.05) is 36.4 Å². The Balaban J connectivity index is 1.42. The SMILES string of the molecule is COCC(NC(=O)OCC1c2ccccc2-c2ccccc21)C(=O)N(CC(=O)O)C1CC1. The van der Waals surface area contributed by atoms with Crippen molar-refractivity contribution in [3.8, 4) is 11.1 Å². The van der Waals surface area contributed by atoms with Crippen LogP contribution in [0.3, 0.4) is 0 Å². The van der Waals surface area contributed by atoms with Crippen LogP contribution in [-0.4, -0.2) is 66.9 Å². The first kappa shape index (κ1) is 21.8. The summed E-state index contributed by atoms with van der Waals surface area (Å²) in [6.45, 7) is -0.364. The Labute approximate surface area is 186 Å². The minimum Gasteiger partial charge on any atom is -0.480 e. The van der Waals surface area contributed by atoms with Gasteiger partial charge in [-0.25, -0.2) is 4.79 Å². The normalized spacial score (nSPS) is 15.4. The topological polar surface area (TPSA) is 105 Å². The summed E-state index contributed by atoms with van der Waals surface area (Å²) in [7, 11) is 1.42. The van der Waals surface area contributed by atoms with Crippen LogP contribution < -0.4 is 5.32 Å². The summed E-state index contributed by atoms with van der Waals surface area (Å²) in [5.41, 5.74) is 4.43. The molecule has 2 aromatic carbocycles. The molecule has 0 radical (unpaired) electrons. The molecule has 32 heavy (non-hydrogen) atoms. The van der Waals surface area contributed by atoms with E-state index in [4.69, 9.17) is 14.6 Å². The van der Waals surface area contributed by atoms with E-state index in [-0.39, 0.29) is 25.2 Å². The number of alkyl carbamates (subject to hydrolysis) is 1. The molecule has 2 aromatic rings. The Morgan fingerprint density at radius 1 is 1.06 bits per heavy atom. The molecule has 0 aromatic heterocycles. The fourth-order valence-electron chi connectivity index (χ4n) is 4.24. The number of nitrogens with zero attached hydrogens (tertiary/aromatic N) is 1. The second kappa shape index (κ2) is 9.40. The van der Waals surface area contributed by atoms with Crippen LogP contribution in [-0.2, 0) is 19.1 Å². The van der Waals surface area contributed by atoms with Crippen molar-refractivity contribution in [2.75, 3.05) is 26.9 Å². The summed E-state index contributed by atoms with van der Waals surface area (Å²) in [4.78, 5) is 37.9. The minimum atomic E-state index is -1.09. The molecule has 4 rings (SSSR count). The van der Waals surface area contributed by atoms with Crippen molar-refractivity contribution < 1.29 is 29.0 Å². The molecule has 0 heterocycles. The Hall–Kier alpha value is -3.39. The molecule has 0 saturated heterocycles. The average molecular weight is 438 g/mol. The van der Waals surface area contributed by atoms with Crippen LogP contribution in [0.25, 0.3) is 11.1 Å².